The number of hydrogen-bond acceptors (Lipinski definition) is 5. The first-order valence-corrected chi connectivity index (χ1v) is 10.4. The van der Waals surface area contributed by atoms with Gasteiger partial charge in [-0.3, -0.25) is 9.36 Å². The number of carbonyl (C=O) groups excluding carboxylic acids is 1. The molecule has 0 aliphatic carbocycles. The number of amides is 1. The van der Waals surface area contributed by atoms with Gasteiger partial charge in [0.05, 0.1) is 5.75 Å². The lowest BCUT2D eigenvalue weighted by Crippen LogP contribution is -2.30. The van der Waals surface area contributed by atoms with E-state index in [2.05, 4.69) is 48.1 Å². The molecular weight excluding hydrogens is 362 g/mol. The van der Waals surface area contributed by atoms with Crippen LogP contribution in [0.3, 0.4) is 0 Å². The van der Waals surface area contributed by atoms with Crippen molar-refractivity contribution < 1.29 is 4.79 Å². The lowest BCUT2D eigenvalue weighted by Gasteiger charge is -2.27. The minimum atomic E-state index is -0.229. The Balaban J connectivity index is 1.92. The van der Waals surface area contributed by atoms with Gasteiger partial charge < -0.3 is 10.2 Å². The second-order valence-electron chi connectivity index (χ2n) is 6.58. The Morgan fingerprint density at radius 3 is 2.59 bits per heavy atom. The van der Waals surface area contributed by atoms with Crippen molar-refractivity contribution in [2.24, 2.45) is 0 Å². The van der Waals surface area contributed by atoms with E-state index in [4.69, 9.17) is 0 Å². The summed E-state index contributed by atoms with van der Waals surface area (Å²) in [6.45, 7) is 10.1. The Bertz CT molecular complexity index is 782. The minimum Gasteiger partial charge on any atom is -0.369 e. The summed E-state index contributed by atoms with van der Waals surface area (Å²) in [6.07, 6.45) is 1.89. The number of nitrogens with one attached hydrogen (secondary N) is 2. The Morgan fingerprint density at radius 1 is 1.30 bits per heavy atom. The van der Waals surface area contributed by atoms with Crippen molar-refractivity contribution in [1.82, 2.24) is 14.8 Å². The van der Waals surface area contributed by atoms with Crippen molar-refractivity contribution in [2.45, 2.75) is 58.3 Å². The first-order chi connectivity index (χ1) is 13.0. The van der Waals surface area contributed by atoms with Crippen LogP contribution in [0.25, 0.3) is 0 Å². The summed E-state index contributed by atoms with van der Waals surface area (Å²) in [7, 11) is 0. The molecule has 0 unspecified atom stereocenters. The molecule has 1 aromatic carbocycles. The Morgan fingerprint density at radius 2 is 2.00 bits per heavy atom. The molecule has 0 spiro atoms. The third-order valence-electron chi connectivity index (χ3n) is 4.24. The largest absolute Gasteiger partial charge is 0.369 e. The topological polar surface area (TPSA) is 83.0 Å². The van der Waals surface area contributed by atoms with Crippen molar-refractivity contribution in [2.75, 3.05) is 22.5 Å². The molecule has 2 N–H and O–H groups in total. The van der Waals surface area contributed by atoms with Crippen molar-refractivity contribution in [3.63, 3.8) is 0 Å². The van der Waals surface area contributed by atoms with Gasteiger partial charge in [0.2, 0.25) is 5.91 Å². The molecule has 7 nitrogen and oxygen atoms in total. The molecule has 0 aliphatic heterocycles. The fraction of sp³-hybridized carbons (Fsp3) is 0.526. The van der Waals surface area contributed by atoms with Crippen LogP contribution in [0.15, 0.2) is 34.2 Å². The maximum absolute atomic E-state index is 12.2. The van der Waals surface area contributed by atoms with E-state index in [0.29, 0.717) is 17.7 Å². The fourth-order valence-corrected chi connectivity index (χ4v) is 3.61. The number of H-pyrrole nitrogens is 1. The van der Waals surface area contributed by atoms with Gasteiger partial charge in [0.15, 0.2) is 5.16 Å². The first kappa shape index (κ1) is 21.1. The third-order valence-corrected chi connectivity index (χ3v) is 5.21. The SMILES string of the molecule is CCCCn1c(SCC(=O)Nc2ccc(N(CC)C(C)C)cc2)n[nH]c1=O. The Labute approximate surface area is 164 Å². The van der Waals surface area contributed by atoms with E-state index in [1.165, 1.54) is 11.8 Å². The molecule has 0 atom stereocenters. The zero-order valence-electron chi connectivity index (χ0n) is 16.5. The number of aromatic nitrogens is 3. The standard InChI is InChI=1S/C19H29N5O2S/c1-5-7-12-24-18(26)21-22-19(24)27-13-17(25)20-15-8-10-16(11-9-15)23(6-2)14(3)4/h8-11,14H,5-7,12-13H2,1-4H3,(H,20,25)(H,21,26). The van der Waals surface area contributed by atoms with Gasteiger partial charge >= 0.3 is 5.69 Å². The van der Waals surface area contributed by atoms with Crippen molar-refractivity contribution in [3.8, 4) is 0 Å². The molecule has 1 amide bonds. The Kier molecular flexibility index (Phi) is 7.97. The van der Waals surface area contributed by atoms with E-state index in [-0.39, 0.29) is 17.3 Å². The van der Waals surface area contributed by atoms with Crippen LogP contribution in [-0.4, -0.2) is 39.0 Å². The molecule has 27 heavy (non-hydrogen) atoms. The number of aromatic amines is 1. The third kappa shape index (κ3) is 5.89. The molecule has 0 bridgehead atoms. The summed E-state index contributed by atoms with van der Waals surface area (Å²) in [4.78, 5) is 26.3. The van der Waals surface area contributed by atoms with Crippen LogP contribution < -0.4 is 15.9 Å². The fourth-order valence-electron chi connectivity index (χ4n) is 2.84. The van der Waals surface area contributed by atoms with E-state index in [1.54, 1.807) is 4.57 Å². The number of thioether (sulfide) groups is 1. The second kappa shape index (κ2) is 10.2. The molecule has 0 radical (unpaired) electrons. The molecule has 0 fully saturated rings. The highest BCUT2D eigenvalue weighted by atomic mass is 32.2. The van der Waals surface area contributed by atoms with Crippen molar-refractivity contribution in [1.29, 1.82) is 0 Å². The highest BCUT2D eigenvalue weighted by Gasteiger charge is 2.12. The summed E-state index contributed by atoms with van der Waals surface area (Å²) >= 11 is 1.26. The molecule has 1 heterocycles. The predicted octanol–water partition coefficient (Wildman–Crippen LogP) is 3.34. The van der Waals surface area contributed by atoms with E-state index in [9.17, 15) is 9.59 Å². The predicted molar refractivity (Wildman–Crippen MR) is 112 cm³/mol. The average Bonchev–Trinajstić information content (AvgIpc) is 2.99. The quantitative estimate of drug-likeness (QED) is 0.607. The molecule has 8 heteroatoms. The van der Waals surface area contributed by atoms with Gasteiger partial charge in [0.25, 0.3) is 0 Å². The minimum absolute atomic E-state index is 0.124. The van der Waals surface area contributed by atoms with Gasteiger partial charge in [-0.05, 0) is 51.5 Å². The summed E-state index contributed by atoms with van der Waals surface area (Å²) in [6, 6.07) is 8.28. The maximum Gasteiger partial charge on any atom is 0.343 e. The lowest BCUT2D eigenvalue weighted by atomic mass is 10.2. The summed E-state index contributed by atoms with van der Waals surface area (Å²) < 4.78 is 1.58. The van der Waals surface area contributed by atoms with Gasteiger partial charge in [-0.15, -0.1) is 5.10 Å². The van der Waals surface area contributed by atoms with Crippen LogP contribution in [0.1, 0.15) is 40.5 Å². The van der Waals surface area contributed by atoms with Gasteiger partial charge in [-0.2, -0.15) is 0 Å². The number of unbranched alkanes of at least 4 members (excludes halogenated alkanes) is 1. The van der Waals surface area contributed by atoms with Crippen molar-refractivity contribution in [3.05, 3.63) is 34.7 Å². The van der Waals surface area contributed by atoms with Gasteiger partial charge in [0, 0.05) is 30.5 Å². The van der Waals surface area contributed by atoms with Gasteiger partial charge in [-0.25, -0.2) is 9.89 Å². The zero-order valence-corrected chi connectivity index (χ0v) is 17.3. The number of anilines is 2. The Hall–Kier alpha value is -2.22. The van der Waals surface area contributed by atoms with E-state index in [0.717, 1.165) is 30.8 Å². The molecule has 0 aliphatic rings. The van der Waals surface area contributed by atoms with E-state index >= 15 is 0 Å². The molecule has 0 saturated carbocycles. The number of nitrogens with zero attached hydrogens (tertiary/aromatic N) is 3. The van der Waals surface area contributed by atoms with Crippen molar-refractivity contribution >= 4 is 29.0 Å². The summed E-state index contributed by atoms with van der Waals surface area (Å²) in [5, 5.41) is 9.90. The number of carbonyl (C=O) groups is 1. The van der Waals surface area contributed by atoms with Crippen LogP contribution in [0.2, 0.25) is 0 Å². The highest BCUT2D eigenvalue weighted by molar-refractivity contribution is 7.99. The monoisotopic (exact) mass is 391 g/mol. The van der Waals surface area contributed by atoms with Gasteiger partial charge in [0.1, 0.15) is 0 Å². The maximum atomic E-state index is 12.2. The molecule has 2 rings (SSSR count). The first-order valence-electron chi connectivity index (χ1n) is 9.40. The van der Waals surface area contributed by atoms with E-state index < -0.39 is 0 Å². The number of hydrogen-bond donors (Lipinski definition) is 2. The zero-order chi connectivity index (χ0) is 19.8. The van der Waals surface area contributed by atoms with Gasteiger partial charge in [-0.1, -0.05) is 25.1 Å². The van der Waals surface area contributed by atoms with Crippen LogP contribution in [0, 0.1) is 0 Å². The molecule has 0 saturated heterocycles. The molecule has 2 aromatic rings. The summed E-state index contributed by atoms with van der Waals surface area (Å²) in [5.41, 5.74) is 1.67. The normalized spacial score (nSPS) is 11.0. The number of rotatable bonds is 10. The van der Waals surface area contributed by atoms with Crippen LogP contribution in [0.5, 0.6) is 0 Å². The number of benzene rings is 1. The second-order valence-corrected chi connectivity index (χ2v) is 7.52. The molecular formula is C19H29N5O2S. The van der Waals surface area contributed by atoms with Crippen LogP contribution >= 0.6 is 11.8 Å². The smallest absolute Gasteiger partial charge is 0.343 e. The lowest BCUT2D eigenvalue weighted by molar-refractivity contribution is -0.113. The molecule has 148 valence electrons. The van der Waals surface area contributed by atoms with E-state index in [1.807, 2.05) is 24.3 Å². The van der Waals surface area contributed by atoms with Crippen LogP contribution in [-0.2, 0) is 11.3 Å². The highest BCUT2D eigenvalue weighted by Crippen LogP contribution is 2.20. The average molecular weight is 392 g/mol. The van der Waals surface area contributed by atoms with Crippen LogP contribution in [0.4, 0.5) is 11.4 Å². The molecule has 1 aromatic heterocycles. The summed E-state index contributed by atoms with van der Waals surface area (Å²) in [5.74, 6) is 0.0760.